The summed E-state index contributed by atoms with van der Waals surface area (Å²) < 4.78 is 5.07. The number of amides is 2. The van der Waals surface area contributed by atoms with E-state index in [2.05, 4.69) is 25.5 Å². The van der Waals surface area contributed by atoms with E-state index < -0.39 is 0 Å². The topological polar surface area (TPSA) is 79.4 Å². The van der Waals surface area contributed by atoms with Crippen LogP contribution in [0.4, 0.5) is 22.1 Å². The fraction of sp³-hybridized carbons (Fsp3) is 0.312. The number of carbonyl (C=O) groups excluding carboxylic acids is 1. The van der Waals surface area contributed by atoms with Crippen LogP contribution in [-0.4, -0.2) is 36.2 Å². The average Bonchev–Trinajstić information content (AvgIpc) is 3.11. The first-order valence-electron chi connectivity index (χ1n) is 7.53. The molecule has 2 amide bonds. The summed E-state index contributed by atoms with van der Waals surface area (Å²) in [5, 5.41) is 5.45. The molecule has 2 heterocycles. The maximum absolute atomic E-state index is 12.0. The van der Waals surface area contributed by atoms with Crippen LogP contribution in [0.3, 0.4) is 0 Å². The van der Waals surface area contributed by atoms with Crippen LogP contribution in [-0.2, 0) is 0 Å². The van der Waals surface area contributed by atoms with Crippen molar-refractivity contribution in [3.63, 3.8) is 0 Å². The van der Waals surface area contributed by atoms with E-state index >= 15 is 0 Å². The molecule has 1 aliphatic rings. The molecule has 0 atom stereocenters. The number of urea groups is 1. The lowest BCUT2D eigenvalue weighted by atomic mass is 10.3. The van der Waals surface area contributed by atoms with Gasteiger partial charge < -0.3 is 20.3 Å². The summed E-state index contributed by atoms with van der Waals surface area (Å²) in [6.07, 6.45) is 5.59. The molecule has 0 saturated carbocycles. The maximum Gasteiger partial charge on any atom is 0.323 e. The van der Waals surface area contributed by atoms with Crippen molar-refractivity contribution in [3.05, 3.63) is 36.7 Å². The van der Waals surface area contributed by atoms with Gasteiger partial charge in [0.1, 0.15) is 5.75 Å². The highest BCUT2D eigenvalue weighted by Crippen LogP contribution is 2.17. The number of nitrogens with one attached hydrogen (secondary N) is 2. The number of ether oxygens (including phenoxy) is 1. The van der Waals surface area contributed by atoms with E-state index in [-0.39, 0.29) is 6.03 Å². The third kappa shape index (κ3) is 3.88. The van der Waals surface area contributed by atoms with Gasteiger partial charge in [0.25, 0.3) is 0 Å². The Kier molecular flexibility index (Phi) is 4.56. The standard InChI is InChI=1S/C16H19N5O2/c1-23-14-6-4-12(5-7-14)19-16(22)20-13-10-17-15(18-11-13)21-8-2-3-9-21/h4-7,10-11H,2-3,8-9H2,1H3,(H2,19,20,22). The molecule has 0 radical (unpaired) electrons. The van der Waals surface area contributed by atoms with Crippen LogP contribution < -0.4 is 20.3 Å². The van der Waals surface area contributed by atoms with Crippen molar-refractivity contribution in [3.8, 4) is 5.75 Å². The fourth-order valence-corrected chi connectivity index (χ4v) is 2.43. The largest absolute Gasteiger partial charge is 0.497 e. The van der Waals surface area contributed by atoms with Gasteiger partial charge in [-0.1, -0.05) is 0 Å². The number of carbonyl (C=O) groups is 1. The quantitative estimate of drug-likeness (QED) is 0.907. The Morgan fingerprint density at radius 2 is 1.65 bits per heavy atom. The average molecular weight is 313 g/mol. The predicted molar refractivity (Wildman–Crippen MR) is 89.1 cm³/mol. The lowest BCUT2D eigenvalue weighted by molar-refractivity contribution is 0.262. The van der Waals surface area contributed by atoms with Crippen LogP contribution in [0.2, 0.25) is 0 Å². The van der Waals surface area contributed by atoms with E-state index in [1.54, 1.807) is 43.8 Å². The molecule has 7 nitrogen and oxygen atoms in total. The lowest BCUT2D eigenvalue weighted by Gasteiger charge is -2.14. The van der Waals surface area contributed by atoms with Crippen molar-refractivity contribution in [2.75, 3.05) is 35.7 Å². The second-order valence-electron chi connectivity index (χ2n) is 5.27. The molecular weight excluding hydrogens is 294 g/mol. The van der Waals surface area contributed by atoms with Crippen LogP contribution in [0, 0.1) is 0 Å². The number of benzene rings is 1. The molecule has 2 aromatic rings. The van der Waals surface area contributed by atoms with E-state index in [0.29, 0.717) is 17.3 Å². The molecule has 1 fully saturated rings. The lowest BCUT2D eigenvalue weighted by Crippen LogP contribution is -2.22. The van der Waals surface area contributed by atoms with Crippen LogP contribution in [0.1, 0.15) is 12.8 Å². The third-order valence-corrected chi connectivity index (χ3v) is 3.63. The SMILES string of the molecule is COc1ccc(NC(=O)Nc2cnc(N3CCCC3)nc2)cc1. The molecule has 23 heavy (non-hydrogen) atoms. The van der Waals surface area contributed by atoms with Gasteiger partial charge in [0, 0.05) is 18.8 Å². The Labute approximate surface area is 134 Å². The number of hydrogen-bond donors (Lipinski definition) is 2. The van der Waals surface area contributed by atoms with Crippen LogP contribution in [0.15, 0.2) is 36.7 Å². The van der Waals surface area contributed by atoms with Crippen molar-refractivity contribution >= 4 is 23.4 Å². The number of rotatable bonds is 4. The summed E-state index contributed by atoms with van der Waals surface area (Å²) in [6, 6.07) is 6.76. The Bertz CT molecular complexity index is 651. The van der Waals surface area contributed by atoms with Crippen molar-refractivity contribution in [1.82, 2.24) is 9.97 Å². The summed E-state index contributed by atoms with van der Waals surface area (Å²) >= 11 is 0. The van der Waals surface area contributed by atoms with Crippen LogP contribution >= 0.6 is 0 Å². The first kappa shape index (κ1) is 15.1. The van der Waals surface area contributed by atoms with Crippen molar-refractivity contribution < 1.29 is 9.53 Å². The monoisotopic (exact) mass is 313 g/mol. The molecule has 7 heteroatoms. The third-order valence-electron chi connectivity index (χ3n) is 3.63. The zero-order valence-corrected chi connectivity index (χ0v) is 13.0. The van der Waals surface area contributed by atoms with Crippen molar-refractivity contribution in [2.24, 2.45) is 0 Å². The first-order valence-corrected chi connectivity index (χ1v) is 7.53. The van der Waals surface area contributed by atoms with Gasteiger partial charge in [0.2, 0.25) is 5.95 Å². The second kappa shape index (κ2) is 6.95. The number of anilines is 3. The summed E-state index contributed by atoms with van der Waals surface area (Å²) in [4.78, 5) is 22.7. The molecule has 1 aromatic heterocycles. The van der Waals surface area contributed by atoms with E-state index in [4.69, 9.17) is 4.74 Å². The minimum absolute atomic E-state index is 0.340. The molecule has 120 valence electrons. The minimum Gasteiger partial charge on any atom is -0.497 e. The molecule has 0 bridgehead atoms. The van der Waals surface area contributed by atoms with Gasteiger partial charge in [-0.2, -0.15) is 0 Å². The van der Waals surface area contributed by atoms with Crippen molar-refractivity contribution in [1.29, 1.82) is 0 Å². The molecule has 0 spiro atoms. The Hall–Kier alpha value is -2.83. The summed E-state index contributed by atoms with van der Waals surface area (Å²) in [5.74, 6) is 1.45. The second-order valence-corrected chi connectivity index (χ2v) is 5.27. The van der Waals surface area contributed by atoms with Gasteiger partial charge in [0.15, 0.2) is 0 Å². The minimum atomic E-state index is -0.340. The van der Waals surface area contributed by atoms with Crippen molar-refractivity contribution in [2.45, 2.75) is 12.8 Å². The Morgan fingerprint density at radius 3 is 2.26 bits per heavy atom. The van der Waals surface area contributed by atoms with Crippen LogP contribution in [0.5, 0.6) is 5.75 Å². The fourth-order valence-electron chi connectivity index (χ4n) is 2.43. The molecule has 1 aliphatic heterocycles. The van der Waals surface area contributed by atoms with Gasteiger partial charge in [-0.15, -0.1) is 0 Å². The number of aromatic nitrogens is 2. The zero-order chi connectivity index (χ0) is 16.1. The van der Waals surface area contributed by atoms with E-state index in [0.717, 1.165) is 18.8 Å². The van der Waals surface area contributed by atoms with Gasteiger partial charge in [-0.25, -0.2) is 14.8 Å². The summed E-state index contributed by atoms with van der Waals surface area (Å²) in [6.45, 7) is 1.98. The molecule has 1 saturated heterocycles. The Balaban J connectivity index is 1.56. The zero-order valence-electron chi connectivity index (χ0n) is 13.0. The van der Waals surface area contributed by atoms with Gasteiger partial charge >= 0.3 is 6.03 Å². The van der Waals surface area contributed by atoms with Crippen LogP contribution in [0.25, 0.3) is 0 Å². The summed E-state index contributed by atoms with van der Waals surface area (Å²) in [7, 11) is 1.60. The highest BCUT2D eigenvalue weighted by molar-refractivity contribution is 5.99. The molecular formula is C16H19N5O2. The molecule has 0 aliphatic carbocycles. The number of hydrogen-bond acceptors (Lipinski definition) is 5. The molecule has 2 N–H and O–H groups in total. The van der Waals surface area contributed by atoms with Gasteiger partial charge in [0.05, 0.1) is 25.2 Å². The predicted octanol–water partition coefficient (Wildman–Crippen LogP) is 2.73. The maximum atomic E-state index is 12.0. The molecule has 1 aromatic carbocycles. The molecule has 0 unspecified atom stereocenters. The van der Waals surface area contributed by atoms with Gasteiger partial charge in [-0.05, 0) is 37.1 Å². The van der Waals surface area contributed by atoms with E-state index in [1.807, 2.05) is 0 Å². The highest BCUT2D eigenvalue weighted by atomic mass is 16.5. The summed E-state index contributed by atoms with van der Waals surface area (Å²) in [5.41, 5.74) is 1.23. The number of methoxy groups -OCH3 is 1. The molecule has 3 rings (SSSR count). The van der Waals surface area contributed by atoms with E-state index in [9.17, 15) is 4.79 Å². The number of nitrogens with zero attached hydrogens (tertiary/aromatic N) is 3. The first-order chi connectivity index (χ1) is 11.2. The Morgan fingerprint density at radius 1 is 1.04 bits per heavy atom. The smallest absolute Gasteiger partial charge is 0.323 e. The highest BCUT2D eigenvalue weighted by Gasteiger charge is 2.14. The van der Waals surface area contributed by atoms with Gasteiger partial charge in [-0.3, -0.25) is 0 Å². The normalized spacial score (nSPS) is 13.7. The van der Waals surface area contributed by atoms with E-state index in [1.165, 1.54) is 12.8 Å².